The number of hydrogen-bond donors (Lipinski definition) is 2. The van der Waals surface area contributed by atoms with Gasteiger partial charge in [-0.2, -0.15) is 0 Å². The molecule has 36 heavy (non-hydrogen) atoms. The van der Waals surface area contributed by atoms with Gasteiger partial charge in [0.05, 0.1) is 21.8 Å². The Balaban J connectivity index is 1.53. The minimum Gasteiger partial charge on any atom is -0.472 e. The molecular formula is C26H22Cl3N3O4. The number of nitrogens with zero attached hydrogens (tertiary/aromatic N) is 1. The van der Waals surface area contributed by atoms with E-state index in [0.29, 0.717) is 27.2 Å². The number of hydrogen-bond acceptors (Lipinski definition) is 4. The van der Waals surface area contributed by atoms with Crippen LogP contribution in [0.1, 0.15) is 40.1 Å². The van der Waals surface area contributed by atoms with Crippen LogP contribution in [0.5, 0.6) is 5.75 Å². The summed E-state index contributed by atoms with van der Waals surface area (Å²) in [5.41, 5.74) is 2.11. The van der Waals surface area contributed by atoms with Crippen molar-refractivity contribution >= 4 is 63.9 Å². The van der Waals surface area contributed by atoms with Crippen molar-refractivity contribution in [2.24, 2.45) is 5.92 Å². The van der Waals surface area contributed by atoms with Crippen LogP contribution in [0.3, 0.4) is 0 Å². The smallest absolute Gasteiger partial charge is 0.264 e. The highest BCUT2D eigenvalue weighted by atomic mass is 35.5. The number of nitrogens with one attached hydrogen (secondary N) is 2. The number of anilines is 2. The first-order chi connectivity index (χ1) is 17.1. The second-order valence-corrected chi connectivity index (χ2v) is 9.77. The summed E-state index contributed by atoms with van der Waals surface area (Å²) in [6, 6.07) is 14.6. The van der Waals surface area contributed by atoms with E-state index in [1.165, 1.54) is 11.0 Å². The van der Waals surface area contributed by atoms with Gasteiger partial charge in [0.25, 0.3) is 11.8 Å². The number of halogens is 3. The van der Waals surface area contributed by atoms with Crippen molar-refractivity contribution < 1.29 is 19.1 Å². The molecule has 0 spiro atoms. The van der Waals surface area contributed by atoms with E-state index in [0.717, 1.165) is 5.56 Å². The zero-order valence-corrected chi connectivity index (χ0v) is 21.7. The molecule has 2 N–H and O–H groups in total. The van der Waals surface area contributed by atoms with Crippen molar-refractivity contribution in [3.8, 4) is 5.75 Å². The van der Waals surface area contributed by atoms with E-state index in [2.05, 4.69) is 10.6 Å². The highest BCUT2D eigenvalue weighted by Gasteiger charge is 2.28. The average Bonchev–Trinajstić information content (AvgIpc) is 2.83. The normalized spacial score (nSPS) is 12.7. The maximum atomic E-state index is 13.2. The van der Waals surface area contributed by atoms with Crippen LogP contribution >= 0.6 is 34.8 Å². The summed E-state index contributed by atoms with van der Waals surface area (Å²) in [7, 11) is 0. The number of carbonyl (C=O) groups excluding carboxylic acids is 3. The van der Waals surface area contributed by atoms with Crippen LogP contribution in [0.25, 0.3) is 0 Å². The molecule has 0 radical (unpaired) electrons. The van der Waals surface area contributed by atoms with Crippen LogP contribution < -0.4 is 20.3 Å². The number of amides is 3. The fraction of sp³-hybridized carbons (Fsp3) is 0.192. The molecule has 1 aliphatic heterocycles. The van der Waals surface area contributed by atoms with E-state index in [1.54, 1.807) is 62.4 Å². The molecule has 4 rings (SSSR count). The largest absolute Gasteiger partial charge is 0.472 e. The number of rotatable bonds is 6. The van der Waals surface area contributed by atoms with Gasteiger partial charge in [0.15, 0.2) is 6.73 Å². The molecule has 0 fully saturated rings. The summed E-state index contributed by atoms with van der Waals surface area (Å²) in [6.07, 6.45) is 0. The molecule has 0 aliphatic carbocycles. The predicted molar refractivity (Wildman–Crippen MR) is 141 cm³/mol. The number of ether oxygens (including phenoxy) is 1. The van der Waals surface area contributed by atoms with Crippen molar-refractivity contribution in [3.05, 3.63) is 86.4 Å². The maximum absolute atomic E-state index is 13.2. The lowest BCUT2D eigenvalue weighted by atomic mass is 10.1. The Hall–Kier alpha value is -3.26. The molecule has 0 unspecified atom stereocenters. The summed E-state index contributed by atoms with van der Waals surface area (Å²) in [5, 5.41) is 6.62. The minimum absolute atomic E-state index is 0.00996. The van der Waals surface area contributed by atoms with Gasteiger partial charge in [0.1, 0.15) is 5.75 Å². The summed E-state index contributed by atoms with van der Waals surface area (Å²) >= 11 is 18.4. The molecule has 186 valence electrons. The van der Waals surface area contributed by atoms with Crippen LogP contribution in [-0.2, 0) is 11.3 Å². The van der Waals surface area contributed by atoms with Gasteiger partial charge < -0.3 is 15.4 Å². The molecule has 0 saturated heterocycles. The molecule has 3 aromatic carbocycles. The van der Waals surface area contributed by atoms with E-state index >= 15 is 0 Å². The third-order valence-corrected chi connectivity index (χ3v) is 6.25. The first-order valence-electron chi connectivity index (χ1n) is 11.0. The molecule has 0 saturated carbocycles. The minimum atomic E-state index is -0.459. The van der Waals surface area contributed by atoms with Crippen LogP contribution in [0.4, 0.5) is 11.4 Å². The lowest BCUT2D eigenvalue weighted by Crippen LogP contribution is -2.38. The lowest BCUT2D eigenvalue weighted by molar-refractivity contribution is -0.124. The zero-order valence-electron chi connectivity index (χ0n) is 19.4. The topological polar surface area (TPSA) is 87.7 Å². The Labute approximate surface area is 223 Å². The highest BCUT2D eigenvalue weighted by Crippen LogP contribution is 2.33. The summed E-state index contributed by atoms with van der Waals surface area (Å²) in [6.45, 7) is 3.86. The lowest BCUT2D eigenvalue weighted by Gasteiger charge is -2.29. The molecule has 0 atom stereocenters. The average molecular weight is 547 g/mol. The Kier molecular flexibility index (Phi) is 7.73. The second-order valence-electron chi connectivity index (χ2n) is 8.49. The highest BCUT2D eigenvalue weighted by molar-refractivity contribution is 6.35. The maximum Gasteiger partial charge on any atom is 0.264 e. The van der Waals surface area contributed by atoms with Crippen molar-refractivity contribution in [2.75, 3.05) is 16.9 Å². The quantitative estimate of drug-likeness (QED) is 0.387. The van der Waals surface area contributed by atoms with Gasteiger partial charge in [-0.1, -0.05) is 54.7 Å². The Morgan fingerprint density at radius 3 is 2.42 bits per heavy atom. The van der Waals surface area contributed by atoms with Gasteiger partial charge >= 0.3 is 0 Å². The standard InChI is InChI=1S/C26H22Cl3N3O4/c1-14(2)24(33)30-12-15-3-5-22(29)20(7-15)25(34)31-18-4-6-23-21(11-18)26(35)32(13-36-23)19-9-16(27)8-17(28)10-19/h3-11,14H,12-13H2,1-2H3,(H,30,33)(H,31,34). The SMILES string of the molecule is CC(C)C(=O)NCc1ccc(Cl)c(C(=O)Nc2ccc3c(c2)C(=O)N(c2cc(Cl)cc(Cl)c2)CO3)c1. The molecule has 7 nitrogen and oxygen atoms in total. The van der Waals surface area contributed by atoms with Crippen molar-refractivity contribution in [3.63, 3.8) is 0 Å². The Morgan fingerprint density at radius 1 is 1.00 bits per heavy atom. The van der Waals surface area contributed by atoms with Gasteiger partial charge in [-0.15, -0.1) is 0 Å². The number of fused-ring (bicyclic) bond motifs is 1. The first-order valence-corrected chi connectivity index (χ1v) is 12.2. The fourth-order valence-corrected chi connectivity index (χ4v) is 4.29. The van der Waals surface area contributed by atoms with E-state index in [4.69, 9.17) is 39.5 Å². The van der Waals surface area contributed by atoms with Gasteiger partial charge in [0.2, 0.25) is 5.91 Å². The molecule has 3 amide bonds. The zero-order chi connectivity index (χ0) is 26.0. The molecule has 10 heteroatoms. The first kappa shape index (κ1) is 25.8. The molecule has 0 bridgehead atoms. The number of benzene rings is 3. The van der Waals surface area contributed by atoms with Crippen LogP contribution in [0, 0.1) is 5.92 Å². The van der Waals surface area contributed by atoms with Gasteiger partial charge in [-0.05, 0) is 54.1 Å². The van der Waals surface area contributed by atoms with Crippen molar-refractivity contribution in [2.45, 2.75) is 20.4 Å². The molecule has 3 aromatic rings. The third kappa shape index (κ3) is 5.75. The second kappa shape index (κ2) is 10.8. The Morgan fingerprint density at radius 2 is 1.72 bits per heavy atom. The van der Waals surface area contributed by atoms with Gasteiger partial charge in [-0.25, -0.2) is 0 Å². The van der Waals surface area contributed by atoms with E-state index in [1.807, 2.05) is 0 Å². The summed E-state index contributed by atoms with van der Waals surface area (Å²) in [4.78, 5) is 39.5. The van der Waals surface area contributed by atoms with Crippen LogP contribution in [0.2, 0.25) is 15.1 Å². The Bertz CT molecular complexity index is 1340. The van der Waals surface area contributed by atoms with Gasteiger partial charge in [0, 0.05) is 28.2 Å². The summed E-state index contributed by atoms with van der Waals surface area (Å²) < 4.78 is 5.73. The third-order valence-electron chi connectivity index (χ3n) is 5.49. The van der Waals surface area contributed by atoms with E-state index < -0.39 is 5.91 Å². The van der Waals surface area contributed by atoms with Crippen LogP contribution in [0.15, 0.2) is 54.6 Å². The number of carbonyl (C=O) groups is 3. The van der Waals surface area contributed by atoms with E-state index in [9.17, 15) is 14.4 Å². The van der Waals surface area contributed by atoms with Crippen LogP contribution in [-0.4, -0.2) is 24.5 Å². The van der Waals surface area contributed by atoms with Gasteiger partial charge in [-0.3, -0.25) is 19.3 Å². The monoisotopic (exact) mass is 545 g/mol. The summed E-state index contributed by atoms with van der Waals surface area (Å²) in [5.74, 6) is -0.636. The molecule has 0 aromatic heterocycles. The molecular weight excluding hydrogens is 525 g/mol. The van der Waals surface area contributed by atoms with Crippen molar-refractivity contribution in [1.82, 2.24) is 5.32 Å². The fourth-order valence-electron chi connectivity index (χ4n) is 3.57. The van der Waals surface area contributed by atoms with Crippen molar-refractivity contribution in [1.29, 1.82) is 0 Å². The predicted octanol–water partition coefficient (Wildman–Crippen LogP) is 6.17. The molecule has 1 heterocycles. The molecule has 1 aliphatic rings. The van der Waals surface area contributed by atoms with E-state index in [-0.39, 0.29) is 47.2 Å².